The van der Waals surface area contributed by atoms with Gasteiger partial charge in [0.25, 0.3) is 0 Å². The van der Waals surface area contributed by atoms with Crippen molar-refractivity contribution in [1.82, 2.24) is 0 Å². The van der Waals surface area contributed by atoms with E-state index in [0.717, 1.165) is 31.2 Å². The molecule has 1 rings (SSSR count). The lowest BCUT2D eigenvalue weighted by Gasteiger charge is -2.24. The van der Waals surface area contributed by atoms with Crippen molar-refractivity contribution in [2.75, 3.05) is 6.54 Å². The fourth-order valence-corrected chi connectivity index (χ4v) is 4.16. The molecule has 0 aliphatic rings. The number of hydrogen-bond acceptors (Lipinski definition) is 2. The molecule has 0 saturated heterocycles. The van der Waals surface area contributed by atoms with Crippen molar-refractivity contribution in [2.45, 2.75) is 116 Å². The second-order valence-electron chi connectivity index (χ2n) is 8.98. The molecule has 186 valence electrons. The summed E-state index contributed by atoms with van der Waals surface area (Å²) in [6, 6.07) is 9.82. The normalized spacial score (nSPS) is 10.8. The first-order valence-electron chi connectivity index (χ1n) is 12.6. The fraction of sp³-hybridized carbons (Fsp3) is 0.704. The van der Waals surface area contributed by atoms with Crippen molar-refractivity contribution in [2.24, 2.45) is 0 Å². The average Bonchev–Trinajstić information content (AvgIpc) is 2.78. The first-order valence-corrected chi connectivity index (χ1v) is 12.6. The number of benzene rings is 1. The third kappa shape index (κ3) is 16.4. The van der Waals surface area contributed by atoms with Crippen molar-refractivity contribution >= 4 is 12.8 Å². The molecular weight excluding hydrogens is 422 g/mol. The van der Waals surface area contributed by atoms with Crippen molar-refractivity contribution in [3.05, 3.63) is 35.9 Å². The van der Waals surface area contributed by atoms with E-state index < -0.39 is 0 Å². The highest BCUT2D eigenvalue weighted by molar-refractivity contribution is 5.55. The third-order valence-electron chi connectivity index (χ3n) is 6.17. The van der Waals surface area contributed by atoms with Crippen LogP contribution >= 0.6 is 0 Å². The first-order chi connectivity index (χ1) is 14.8. The Morgan fingerprint density at radius 2 is 1.00 bits per heavy atom. The van der Waals surface area contributed by atoms with E-state index in [0.29, 0.717) is 13.1 Å². The largest absolute Gasteiger partial charge is 1.00 e. The molecule has 0 heterocycles. The Morgan fingerprint density at radius 1 is 0.625 bits per heavy atom. The molecule has 2 amide bonds. The van der Waals surface area contributed by atoms with Crippen LogP contribution in [0.4, 0.5) is 0 Å². The standard InChI is InChI=1S/C27H46NO2.ClH.H2O/c1-2-3-4-5-6-7-8-9-10-11-12-13-14-15-16-20-23-28(25-29,26-30)24-27-21-18-17-19-22-27;;/h17-19,21-22,25-26H,2-16,20,23-24H2,1H3;1H;1H2/q+1;;/p-1. The van der Waals surface area contributed by atoms with Crippen LogP contribution in [0, 0.1) is 0 Å². The zero-order chi connectivity index (χ0) is 21.8. The topological polar surface area (TPSA) is 65.6 Å². The molecular formula is C27H48ClNO3. The Balaban J connectivity index is 0. The number of carbonyl (C=O) groups excluding carboxylic acids is 2. The molecule has 1 aromatic carbocycles. The fourth-order valence-electron chi connectivity index (χ4n) is 4.16. The van der Waals surface area contributed by atoms with Gasteiger partial charge >= 0.3 is 12.8 Å². The van der Waals surface area contributed by atoms with Crippen molar-refractivity contribution in [1.29, 1.82) is 0 Å². The van der Waals surface area contributed by atoms with Gasteiger partial charge in [-0.05, 0) is 12.8 Å². The molecule has 0 unspecified atom stereocenters. The van der Waals surface area contributed by atoms with Gasteiger partial charge in [-0.25, -0.2) is 9.59 Å². The molecule has 0 atom stereocenters. The lowest BCUT2D eigenvalue weighted by Crippen LogP contribution is -3.00. The van der Waals surface area contributed by atoms with Gasteiger partial charge in [0.05, 0.1) is 6.54 Å². The van der Waals surface area contributed by atoms with E-state index in [1.54, 1.807) is 0 Å². The molecule has 0 aromatic heterocycles. The lowest BCUT2D eigenvalue weighted by atomic mass is 10.0. The minimum atomic E-state index is -0.109. The van der Waals surface area contributed by atoms with Gasteiger partial charge in [-0.15, -0.1) is 0 Å². The molecule has 5 heteroatoms. The van der Waals surface area contributed by atoms with Gasteiger partial charge < -0.3 is 17.9 Å². The maximum absolute atomic E-state index is 11.6. The van der Waals surface area contributed by atoms with Crippen LogP contribution in [0.15, 0.2) is 30.3 Å². The van der Waals surface area contributed by atoms with Crippen LogP contribution in [0.2, 0.25) is 0 Å². The third-order valence-corrected chi connectivity index (χ3v) is 6.17. The Kier molecular flexibility index (Phi) is 23.6. The maximum Gasteiger partial charge on any atom is 0.308 e. The molecule has 32 heavy (non-hydrogen) atoms. The van der Waals surface area contributed by atoms with Crippen LogP contribution in [0.1, 0.15) is 115 Å². The van der Waals surface area contributed by atoms with Gasteiger partial charge in [0, 0.05) is 5.56 Å². The van der Waals surface area contributed by atoms with E-state index in [2.05, 4.69) is 6.92 Å². The van der Waals surface area contributed by atoms with E-state index in [1.165, 1.54) is 89.9 Å². The minimum absolute atomic E-state index is 0. The lowest BCUT2D eigenvalue weighted by molar-refractivity contribution is -0.774. The molecule has 0 aliphatic heterocycles. The van der Waals surface area contributed by atoms with Gasteiger partial charge in [-0.1, -0.05) is 127 Å². The number of halogens is 1. The van der Waals surface area contributed by atoms with Crippen molar-refractivity contribution < 1.29 is 32.0 Å². The summed E-state index contributed by atoms with van der Waals surface area (Å²) in [4.78, 5) is 23.2. The summed E-state index contributed by atoms with van der Waals surface area (Å²) >= 11 is 0. The second kappa shape index (κ2) is 22.9. The Morgan fingerprint density at radius 3 is 1.38 bits per heavy atom. The quantitative estimate of drug-likeness (QED) is 0.156. The molecule has 0 bridgehead atoms. The van der Waals surface area contributed by atoms with Gasteiger partial charge in [0.2, 0.25) is 0 Å². The number of hydrogen-bond donors (Lipinski definition) is 0. The highest BCUT2D eigenvalue weighted by Crippen LogP contribution is 2.15. The number of unbranched alkanes of at least 4 members (excludes halogenated alkanes) is 15. The molecule has 0 spiro atoms. The first kappa shape index (κ1) is 32.9. The van der Waals surface area contributed by atoms with E-state index >= 15 is 0 Å². The maximum atomic E-state index is 11.6. The molecule has 0 saturated carbocycles. The number of nitrogens with zero attached hydrogens (tertiary/aromatic N) is 1. The highest BCUT2D eigenvalue weighted by Gasteiger charge is 2.26. The summed E-state index contributed by atoms with van der Waals surface area (Å²) in [6.45, 7) is 3.35. The summed E-state index contributed by atoms with van der Waals surface area (Å²) in [6.07, 6.45) is 22.9. The van der Waals surface area contributed by atoms with Gasteiger partial charge in [0.1, 0.15) is 6.54 Å². The number of imide groups is 1. The van der Waals surface area contributed by atoms with Crippen LogP contribution in [-0.2, 0) is 16.1 Å². The number of quaternary nitrogens is 1. The van der Waals surface area contributed by atoms with Crippen LogP contribution in [0.5, 0.6) is 0 Å². The molecule has 4 nitrogen and oxygen atoms in total. The van der Waals surface area contributed by atoms with E-state index in [4.69, 9.17) is 0 Å². The van der Waals surface area contributed by atoms with Crippen molar-refractivity contribution in [3.63, 3.8) is 0 Å². The summed E-state index contributed by atoms with van der Waals surface area (Å²) in [7, 11) is 0. The zero-order valence-electron chi connectivity index (χ0n) is 20.4. The molecule has 0 aliphatic carbocycles. The molecule has 0 fully saturated rings. The molecule has 2 N–H and O–H groups in total. The smallest absolute Gasteiger partial charge is 0.308 e. The van der Waals surface area contributed by atoms with Crippen LogP contribution in [-0.4, -0.2) is 29.3 Å². The predicted molar refractivity (Wildman–Crippen MR) is 131 cm³/mol. The molecule has 0 radical (unpaired) electrons. The summed E-state index contributed by atoms with van der Waals surface area (Å²) in [5, 5.41) is 0. The van der Waals surface area contributed by atoms with Crippen LogP contribution in [0.25, 0.3) is 0 Å². The zero-order valence-corrected chi connectivity index (χ0v) is 21.2. The Bertz CT molecular complexity index is 531. The van der Waals surface area contributed by atoms with E-state index in [9.17, 15) is 9.59 Å². The van der Waals surface area contributed by atoms with Gasteiger partial charge in [-0.2, -0.15) is 4.48 Å². The predicted octanol–water partition coefficient (Wildman–Crippen LogP) is 3.76. The van der Waals surface area contributed by atoms with Crippen LogP contribution in [0.3, 0.4) is 0 Å². The van der Waals surface area contributed by atoms with Gasteiger partial charge in [-0.3, -0.25) is 0 Å². The van der Waals surface area contributed by atoms with E-state index in [-0.39, 0.29) is 22.4 Å². The monoisotopic (exact) mass is 469 g/mol. The Labute approximate surface area is 203 Å². The summed E-state index contributed by atoms with van der Waals surface area (Å²) in [5.74, 6) is 0. The van der Waals surface area contributed by atoms with Gasteiger partial charge in [0.15, 0.2) is 0 Å². The highest BCUT2D eigenvalue weighted by atomic mass is 35.5. The van der Waals surface area contributed by atoms with E-state index in [1.807, 2.05) is 30.3 Å². The summed E-state index contributed by atoms with van der Waals surface area (Å²) in [5.41, 5.74) is 1.04. The van der Waals surface area contributed by atoms with Crippen molar-refractivity contribution in [3.8, 4) is 0 Å². The Hall–Kier alpha value is -1.23. The SMILES string of the molecule is CCCCCCCCCCCCCCCCCC[N+](C=O)(C=O)Cc1ccccc1.O.[Cl-]. The number of amides is 2. The van der Waals surface area contributed by atoms with Crippen LogP contribution < -0.4 is 12.4 Å². The number of carbonyl (C=O) groups is 2. The summed E-state index contributed by atoms with van der Waals surface area (Å²) < 4.78 is -0.109. The number of rotatable bonds is 21. The molecule has 1 aromatic rings. The average molecular weight is 470 g/mol. The minimum Gasteiger partial charge on any atom is -1.00 e. The second-order valence-corrected chi connectivity index (χ2v) is 8.98.